The van der Waals surface area contributed by atoms with Crippen molar-refractivity contribution in [2.75, 3.05) is 0 Å². The molecule has 0 saturated carbocycles. The van der Waals surface area contributed by atoms with Crippen LogP contribution in [-0.2, 0) is 11.9 Å². The zero-order valence-corrected chi connectivity index (χ0v) is 11.9. The fourth-order valence-electron chi connectivity index (χ4n) is 2.15. The van der Waals surface area contributed by atoms with Crippen LogP contribution in [-0.4, -0.2) is 25.2 Å². The number of aromatic nitrogens is 5. The summed E-state index contributed by atoms with van der Waals surface area (Å²) in [5.74, 6) is 6.47. The Morgan fingerprint density at radius 3 is 2.45 bits per heavy atom. The molecule has 22 heavy (non-hydrogen) atoms. The maximum absolute atomic E-state index is 5.52. The number of nitrogens with zero attached hydrogens (tertiary/aromatic N) is 5. The van der Waals surface area contributed by atoms with E-state index in [1.165, 1.54) is 0 Å². The van der Waals surface area contributed by atoms with Crippen LogP contribution >= 0.6 is 0 Å². The third kappa shape index (κ3) is 2.57. The van der Waals surface area contributed by atoms with Crippen molar-refractivity contribution in [2.24, 2.45) is 12.9 Å². The molecule has 0 saturated heterocycles. The molecule has 0 atom stereocenters. The van der Waals surface area contributed by atoms with E-state index in [9.17, 15) is 0 Å². The second-order valence-electron chi connectivity index (χ2n) is 4.53. The van der Waals surface area contributed by atoms with E-state index < -0.39 is 0 Å². The zero-order chi connectivity index (χ0) is 15.4. The number of nitrogens with two attached hydrogens (primary N) is 1. The fourth-order valence-corrected chi connectivity index (χ4v) is 2.15. The van der Waals surface area contributed by atoms with Crippen LogP contribution in [0.4, 0.5) is 0 Å². The summed E-state index contributed by atoms with van der Waals surface area (Å²) >= 11 is 0. The molecular formula is C15H14N6O. The molecule has 7 nitrogen and oxygen atoms in total. The SMILES string of the molecule is Cn1nnnc1/C(=C(\ON)c1ccccn1)c1ccccc1. The lowest BCUT2D eigenvalue weighted by Crippen LogP contribution is -2.08. The van der Waals surface area contributed by atoms with Gasteiger partial charge in [0.25, 0.3) is 0 Å². The number of rotatable bonds is 4. The van der Waals surface area contributed by atoms with Crippen molar-refractivity contribution in [3.63, 3.8) is 0 Å². The van der Waals surface area contributed by atoms with Gasteiger partial charge in [-0.15, -0.1) is 5.10 Å². The number of benzene rings is 1. The number of hydrogen-bond donors (Lipinski definition) is 1. The largest absolute Gasteiger partial charge is 0.408 e. The molecule has 0 radical (unpaired) electrons. The summed E-state index contributed by atoms with van der Waals surface area (Å²) in [5.41, 5.74) is 2.16. The molecule has 0 bridgehead atoms. The van der Waals surface area contributed by atoms with E-state index in [4.69, 9.17) is 10.7 Å². The predicted octanol–water partition coefficient (Wildman–Crippen LogP) is 1.41. The first-order chi connectivity index (χ1) is 10.8. The first-order valence-corrected chi connectivity index (χ1v) is 6.62. The third-order valence-electron chi connectivity index (χ3n) is 3.15. The summed E-state index contributed by atoms with van der Waals surface area (Å²) in [6.07, 6.45) is 1.67. The Balaban J connectivity index is 2.29. The Kier molecular flexibility index (Phi) is 3.88. The van der Waals surface area contributed by atoms with Gasteiger partial charge in [-0.25, -0.2) is 4.68 Å². The fraction of sp³-hybridized carbons (Fsp3) is 0.0667. The summed E-state index contributed by atoms with van der Waals surface area (Å²) in [6, 6.07) is 15.1. The van der Waals surface area contributed by atoms with Crippen molar-refractivity contribution in [2.45, 2.75) is 0 Å². The molecule has 0 spiro atoms. The first-order valence-electron chi connectivity index (χ1n) is 6.62. The van der Waals surface area contributed by atoms with Crippen LogP contribution in [0.15, 0.2) is 54.7 Å². The van der Waals surface area contributed by atoms with E-state index in [0.717, 1.165) is 5.56 Å². The molecule has 2 aromatic heterocycles. The lowest BCUT2D eigenvalue weighted by Gasteiger charge is -2.12. The summed E-state index contributed by atoms with van der Waals surface area (Å²) in [5, 5.41) is 11.6. The smallest absolute Gasteiger partial charge is 0.186 e. The van der Waals surface area contributed by atoms with Crippen molar-refractivity contribution in [3.8, 4) is 0 Å². The normalized spacial score (nSPS) is 11.9. The number of hydrogen-bond acceptors (Lipinski definition) is 6. The van der Waals surface area contributed by atoms with Gasteiger partial charge in [0.15, 0.2) is 11.6 Å². The first kappa shape index (κ1) is 13.9. The van der Waals surface area contributed by atoms with Crippen LogP contribution < -0.4 is 5.90 Å². The highest BCUT2D eigenvalue weighted by Crippen LogP contribution is 2.29. The zero-order valence-electron chi connectivity index (χ0n) is 11.9. The molecule has 0 amide bonds. The predicted molar refractivity (Wildman–Crippen MR) is 80.7 cm³/mol. The molecule has 7 heteroatoms. The second-order valence-corrected chi connectivity index (χ2v) is 4.53. The van der Waals surface area contributed by atoms with Gasteiger partial charge in [-0.2, -0.15) is 5.90 Å². The monoisotopic (exact) mass is 294 g/mol. The maximum atomic E-state index is 5.52. The van der Waals surface area contributed by atoms with Gasteiger partial charge in [0.05, 0.1) is 5.57 Å². The van der Waals surface area contributed by atoms with Crippen LogP contribution in [0.1, 0.15) is 17.1 Å². The molecule has 110 valence electrons. The molecule has 3 rings (SSSR count). The van der Waals surface area contributed by atoms with Crippen molar-refractivity contribution < 1.29 is 4.84 Å². The highest BCUT2D eigenvalue weighted by molar-refractivity contribution is 5.93. The Morgan fingerprint density at radius 2 is 1.86 bits per heavy atom. The quantitative estimate of drug-likeness (QED) is 0.578. The van der Waals surface area contributed by atoms with E-state index in [1.807, 2.05) is 48.5 Å². The van der Waals surface area contributed by atoms with E-state index in [-0.39, 0.29) is 0 Å². The lowest BCUT2D eigenvalue weighted by molar-refractivity contribution is 0.290. The Hall–Kier alpha value is -3.06. The van der Waals surface area contributed by atoms with Gasteiger partial charge in [-0.05, 0) is 28.1 Å². The summed E-state index contributed by atoms with van der Waals surface area (Å²) in [4.78, 5) is 9.44. The molecule has 2 heterocycles. The summed E-state index contributed by atoms with van der Waals surface area (Å²) < 4.78 is 1.56. The van der Waals surface area contributed by atoms with Crippen LogP contribution in [0.3, 0.4) is 0 Å². The molecular weight excluding hydrogens is 280 g/mol. The summed E-state index contributed by atoms with van der Waals surface area (Å²) in [6.45, 7) is 0. The van der Waals surface area contributed by atoms with Gasteiger partial charge in [-0.1, -0.05) is 36.4 Å². The minimum absolute atomic E-state index is 0.407. The van der Waals surface area contributed by atoms with Crippen molar-refractivity contribution >= 4 is 11.3 Å². The van der Waals surface area contributed by atoms with Gasteiger partial charge < -0.3 is 4.84 Å². The number of tetrazole rings is 1. The molecule has 0 fully saturated rings. The Bertz CT molecular complexity index is 782. The van der Waals surface area contributed by atoms with E-state index in [2.05, 4.69) is 20.5 Å². The minimum Gasteiger partial charge on any atom is -0.408 e. The van der Waals surface area contributed by atoms with Crippen LogP contribution in [0.2, 0.25) is 0 Å². The maximum Gasteiger partial charge on any atom is 0.186 e. The highest BCUT2D eigenvalue weighted by atomic mass is 16.6. The second kappa shape index (κ2) is 6.15. The standard InChI is InChI=1S/C15H14N6O/c1-21-15(18-19-20-21)13(11-7-3-2-4-8-11)14(22-16)12-9-5-6-10-17-12/h2-10H,16H2,1H3/b14-13-. The van der Waals surface area contributed by atoms with Crippen LogP contribution in [0, 0.1) is 0 Å². The van der Waals surface area contributed by atoms with Gasteiger partial charge in [0.1, 0.15) is 5.69 Å². The average molecular weight is 294 g/mol. The van der Waals surface area contributed by atoms with E-state index in [0.29, 0.717) is 22.9 Å². The molecule has 0 aliphatic heterocycles. The molecule has 0 aliphatic rings. The number of aryl methyl sites for hydroxylation is 1. The molecule has 3 aromatic rings. The van der Waals surface area contributed by atoms with Crippen LogP contribution in [0.5, 0.6) is 0 Å². The Labute approximate surface area is 127 Å². The topological polar surface area (TPSA) is 91.7 Å². The van der Waals surface area contributed by atoms with Gasteiger partial charge in [0, 0.05) is 13.2 Å². The third-order valence-corrected chi connectivity index (χ3v) is 3.15. The molecule has 0 aliphatic carbocycles. The van der Waals surface area contributed by atoms with Gasteiger partial charge >= 0.3 is 0 Å². The number of pyridine rings is 1. The highest BCUT2D eigenvalue weighted by Gasteiger charge is 2.20. The summed E-state index contributed by atoms with van der Waals surface area (Å²) in [7, 11) is 1.75. The minimum atomic E-state index is 0.407. The van der Waals surface area contributed by atoms with Crippen molar-refractivity contribution in [1.82, 2.24) is 25.2 Å². The van der Waals surface area contributed by atoms with Gasteiger partial charge in [0.2, 0.25) is 0 Å². The average Bonchev–Trinajstić information content (AvgIpc) is 3.00. The van der Waals surface area contributed by atoms with Crippen molar-refractivity contribution in [1.29, 1.82) is 0 Å². The molecule has 0 unspecified atom stereocenters. The molecule has 2 N–H and O–H groups in total. The molecule has 1 aromatic carbocycles. The van der Waals surface area contributed by atoms with E-state index in [1.54, 1.807) is 17.9 Å². The Morgan fingerprint density at radius 1 is 1.09 bits per heavy atom. The van der Waals surface area contributed by atoms with E-state index >= 15 is 0 Å². The van der Waals surface area contributed by atoms with Crippen LogP contribution in [0.25, 0.3) is 11.3 Å². The lowest BCUT2D eigenvalue weighted by atomic mass is 10.0. The van der Waals surface area contributed by atoms with Crippen molar-refractivity contribution in [3.05, 3.63) is 71.8 Å². The van der Waals surface area contributed by atoms with Gasteiger partial charge in [-0.3, -0.25) is 4.98 Å².